The van der Waals surface area contributed by atoms with Gasteiger partial charge >= 0.3 is 0 Å². The van der Waals surface area contributed by atoms with Crippen LogP contribution in [0.5, 0.6) is 5.75 Å². The van der Waals surface area contributed by atoms with Gasteiger partial charge in [0.25, 0.3) is 0 Å². The molecule has 0 bridgehead atoms. The molecule has 16 heavy (non-hydrogen) atoms. The molecule has 1 atom stereocenters. The van der Waals surface area contributed by atoms with Gasteiger partial charge in [-0.25, -0.2) is 0 Å². The average molecular weight is 306 g/mol. The van der Waals surface area contributed by atoms with Gasteiger partial charge in [0, 0.05) is 0 Å². The van der Waals surface area contributed by atoms with Crippen LogP contribution in [0, 0.1) is 5.92 Å². The highest BCUT2D eigenvalue weighted by Gasteiger charge is 2.18. The predicted molar refractivity (Wildman–Crippen MR) is 73.4 cm³/mol. The van der Waals surface area contributed by atoms with Crippen molar-refractivity contribution in [2.24, 2.45) is 5.92 Å². The van der Waals surface area contributed by atoms with Crippen molar-refractivity contribution in [2.45, 2.75) is 32.1 Å². The maximum Gasteiger partial charge on any atom is 0.133 e. The largest absolute Gasteiger partial charge is 0.496 e. The predicted octanol–water partition coefficient (Wildman–Crippen LogP) is 5.17. The quantitative estimate of drug-likeness (QED) is 0.682. The zero-order chi connectivity index (χ0) is 12.1. The van der Waals surface area contributed by atoms with Crippen molar-refractivity contribution < 1.29 is 4.74 Å². The molecule has 0 heterocycles. The molecule has 0 radical (unpaired) electrons. The molecule has 1 nitrogen and oxygen atoms in total. The number of hydrogen-bond donors (Lipinski definition) is 0. The summed E-state index contributed by atoms with van der Waals surface area (Å²) in [5, 5.41) is 0.0807. The molecule has 0 spiro atoms. The first-order chi connectivity index (χ1) is 7.63. The van der Waals surface area contributed by atoms with Crippen molar-refractivity contribution in [2.75, 3.05) is 7.11 Å². The molecule has 0 N–H and O–H groups in total. The standard InChI is InChI=1S/C13H18BrClO/c1-4-9(5-2)13(15)10-6-7-12(16-3)11(14)8-10/h6-9,13H,4-5H2,1-3H3. The Kier molecular flexibility index (Phi) is 5.63. The molecule has 1 aromatic rings. The molecule has 0 saturated carbocycles. The Morgan fingerprint density at radius 2 is 1.94 bits per heavy atom. The number of alkyl halides is 1. The Labute approximate surface area is 111 Å². The molecular weight excluding hydrogens is 287 g/mol. The highest BCUT2D eigenvalue weighted by molar-refractivity contribution is 9.10. The van der Waals surface area contributed by atoms with Crippen molar-refractivity contribution in [1.82, 2.24) is 0 Å². The maximum atomic E-state index is 6.48. The van der Waals surface area contributed by atoms with Gasteiger partial charge < -0.3 is 4.74 Å². The molecule has 1 rings (SSSR count). The summed E-state index contributed by atoms with van der Waals surface area (Å²) in [6, 6.07) is 6.05. The summed E-state index contributed by atoms with van der Waals surface area (Å²) in [7, 11) is 1.67. The van der Waals surface area contributed by atoms with Crippen molar-refractivity contribution in [1.29, 1.82) is 0 Å². The van der Waals surface area contributed by atoms with Crippen LogP contribution in [0.2, 0.25) is 0 Å². The number of benzene rings is 1. The Morgan fingerprint density at radius 1 is 1.31 bits per heavy atom. The molecule has 0 aromatic heterocycles. The van der Waals surface area contributed by atoms with E-state index in [4.69, 9.17) is 16.3 Å². The second kappa shape index (κ2) is 6.51. The molecule has 0 aliphatic rings. The minimum atomic E-state index is 0.0807. The third kappa shape index (κ3) is 3.14. The van der Waals surface area contributed by atoms with Gasteiger partial charge in [-0.3, -0.25) is 0 Å². The molecular formula is C13H18BrClO. The van der Waals surface area contributed by atoms with Gasteiger partial charge in [-0.1, -0.05) is 32.8 Å². The zero-order valence-corrected chi connectivity index (χ0v) is 12.3. The fourth-order valence-corrected chi connectivity index (χ4v) is 2.88. The first-order valence-corrected chi connectivity index (χ1v) is 6.84. The van der Waals surface area contributed by atoms with E-state index < -0.39 is 0 Å². The molecule has 0 aliphatic carbocycles. The van der Waals surface area contributed by atoms with E-state index in [0.29, 0.717) is 5.92 Å². The van der Waals surface area contributed by atoms with Gasteiger partial charge in [0.05, 0.1) is 17.0 Å². The van der Waals surface area contributed by atoms with E-state index in [1.54, 1.807) is 7.11 Å². The lowest BCUT2D eigenvalue weighted by Crippen LogP contribution is -2.06. The van der Waals surface area contributed by atoms with Gasteiger partial charge in [-0.05, 0) is 39.5 Å². The van der Waals surface area contributed by atoms with Crippen LogP contribution in [0.15, 0.2) is 22.7 Å². The summed E-state index contributed by atoms with van der Waals surface area (Å²) in [6.45, 7) is 4.37. The van der Waals surface area contributed by atoms with Gasteiger partial charge in [0.2, 0.25) is 0 Å². The fraction of sp³-hybridized carbons (Fsp3) is 0.538. The lowest BCUT2D eigenvalue weighted by atomic mass is 9.94. The van der Waals surface area contributed by atoms with Crippen LogP contribution >= 0.6 is 27.5 Å². The molecule has 90 valence electrons. The van der Waals surface area contributed by atoms with E-state index in [2.05, 4.69) is 35.8 Å². The minimum Gasteiger partial charge on any atom is -0.496 e. The lowest BCUT2D eigenvalue weighted by molar-refractivity contribution is 0.411. The van der Waals surface area contributed by atoms with Crippen molar-refractivity contribution in [3.63, 3.8) is 0 Å². The van der Waals surface area contributed by atoms with Gasteiger partial charge in [-0.2, -0.15) is 0 Å². The van der Waals surface area contributed by atoms with E-state index in [0.717, 1.165) is 28.6 Å². The van der Waals surface area contributed by atoms with Crippen molar-refractivity contribution in [3.8, 4) is 5.75 Å². The highest BCUT2D eigenvalue weighted by atomic mass is 79.9. The highest BCUT2D eigenvalue weighted by Crippen LogP contribution is 2.36. The van der Waals surface area contributed by atoms with E-state index in [1.165, 1.54) is 0 Å². The smallest absolute Gasteiger partial charge is 0.133 e. The second-order valence-electron chi connectivity index (χ2n) is 3.87. The van der Waals surface area contributed by atoms with Gasteiger partial charge in [0.15, 0.2) is 0 Å². The summed E-state index contributed by atoms with van der Waals surface area (Å²) >= 11 is 9.96. The molecule has 3 heteroatoms. The number of halogens is 2. The van der Waals surface area contributed by atoms with Gasteiger partial charge in [-0.15, -0.1) is 11.6 Å². The van der Waals surface area contributed by atoms with E-state index in [9.17, 15) is 0 Å². The normalized spacial score (nSPS) is 12.9. The van der Waals surface area contributed by atoms with Crippen molar-refractivity contribution in [3.05, 3.63) is 28.2 Å². The van der Waals surface area contributed by atoms with Crippen LogP contribution in [-0.4, -0.2) is 7.11 Å². The molecule has 0 fully saturated rings. The first-order valence-electron chi connectivity index (χ1n) is 5.61. The van der Waals surface area contributed by atoms with Gasteiger partial charge in [0.1, 0.15) is 5.75 Å². The topological polar surface area (TPSA) is 9.23 Å². The Bertz CT molecular complexity index is 337. The zero-order valence-electron chi connectivity index (χ0n) is 9.97. The minimum absolute atomic E-state index is 0.0807. The van der Waals surface area contributed by atoms with E-state index in [-0.39, 0.29) is 5.38 Å². The summed E-state index contributed by atoms with van der Waals surface area (Å²) in [6.07, 6.45) is 2.21. The average Bonchev–Trinajstić information content (AvgIpc) is 2.30. The Morgan fingerprint density at radius 3 is 2.38 bits per heavy atom. The van der Waals surface area contributed by atoms with Crippen LogP contribution in [0.1, 0.15) is 37.6 Å². The fourth-order valence-electron chi connectivity index (χ4n) is 1.83. The monoisotopic (exact) mass is 304 g/mol. The van der Waals surface area contributed by atoms with Crippen LogP contribution in [0.4, 0.5) is 0 Å². The number of rotatable bonds is 5. The SMILES string of the molecule is CCC(CC)C(Cl)c1ccc(OC)c(Br)c1. The molecule has 0 amide bonds. The second-order valence-corrected chi connectivity index (χ2v) is 5.20. The van der Waals surface area contributed by atoms with Crippen molar-refractivity contribution >= 4 is 27.5 Å². The molecule has 0 aliphatic heterocycles. The number of hydrogen-bond acceptors (Lipinski definition) is 1. The lowest BCUT2D eigenvalue weighted by Gasteiger charge is -2.20. The summed E-state index contributed by atoms with van der Waals surface area (Å²) in [4.78, 5) is 0. The van der Waals surface area contributed by atoms with Crippen LogP contribution < -0.4 is 4.74 Å². The summed E-state index contributed by atoms with van der Waals surface area (Å²) < 4.78 is 6.17. The van der Waals surface area contributed by atoms with Crippen LogP contribution in [0.3, 0.4) is 0 Å². The summed E-state index contributed by atoms with van der Waals surface area (Å²) in [5.41, 5.74) is 1.16. The number of ether oxygens (including phenoxy) is 1. The third-order valence-electron chi connectivity index (χ3n) is 2.96. The molecule has 0 saturated heterocycles. The maximum absolute atomic E-state index is 6.48. The van der Waals surface area contributed by atoms with Crippen LogP contribution in [0.25, 0.3) is 0 Å². The molecule has 1 unspecified atom stereocenters. The van der Waals surface area contributed by atoms with Crippen LogP contribution in [-0.2, 0) is 0 Å². The molecule has 1 aromatic carbocycles. The van der Waals surface area contributed by atoms with E-state index in [1.807, 2.05) is 12.1 Å². The Hall–Kier alpha value is -0.210. The third-order valence-corrected chi connectivity index (χ3v) is 4.18. The Balaban J connectivity index is 2.91. The number of methoxy groups -OCH3 is 1. The van der Waals surface area contributed by atoms with E-state index >= 15 is 0 Å². The summed E-state index contributed by atoms with van der Waals surface area (Å²) in [5.74, 6) is 1.37. The first kappa shape index (κ1) is 13.9.